The van der Waals surface area contributed by atoms with E-state index >= 15 is 0 Å². The highest BCUT2D eigenvalue weighted by atomic mass is 32.3. The number of ether oxygens (including phenoxy) is 2. The Kier molecular flexibility index (Phi) is 13.9. The lowest BCUT2D eigenvalue weighted by atomic mass is 10.1. The second-order valence-electron chi connectivity index (χ2n) is 11.1. The number of hydrogen-bond donors (Lipinski definition) is 4. The van der Waals surface area contributed by atoms with Crippen LogP contribution in [0.3, 0.4) is 0 Å². The second kappa shape index (κ2) is 17.4. The molecule has 24 heteroatoms. The minimum atomic E-state index is -4.08. The minimum Gasteiger partial charge on any atom is -0.504 e. The van der Waals surface area contributed by atoms with Gasteiger partial charge in [-0.25, -0.2) is 8.61 Å². The van der Waals surface area contributed by atoms with Crippen LogP contribution in [0.1, 0.15) is 38.4 Å². The van der Waals surface area contributed by atoms with Gasteiger partial charge < -0.3 is 39.8 Å². The van der Waals surface area contributed by atoms with E-state index in [1.165, 1.54) is 43.9 Å². The lowest BCUT2D eigenvalue weighted by Crippen LogP contribution is -2.35. The van der Waals surface area contributed by atoms with Gasteiger partial charge >= 0.3 is 0 Å². The van der Waals surface area contributed by atoms with Crippen molar-refractivity contribution in [3.8, 4) is 23.0 Å². The number of nitrogens with one attached hydrogen (secondary N) is 1. The molecule has 0 saturated heterocycles. The Morgan fingerprint density at radius 3 is 1.54 bits per heavy atom. The molecule has 0 aliphatic rings. The third-order valence-electron chi connectivity index (χ3n) is 7.37. The molecule has 0 spiro atoms. The smallest absolute Gasteiger partial charge is 0.278 e. The van der Waals surface area contributed by atoms with Crippen molar-refractivity contribution in [2.75, 3.05) is 47.0 Å². The summed E-state index contributed by atoms with van der Waals surface area (Å²) in [4.78, 5) is 44.4. The maximum absolute atomic E-state index is 12.7. The first-order valence-electron chi connectivity index (χ1n) is 15.6. The van der Waals surface area contributed by atoms with Crippen molar-refractivity contribution >= 4 is 71.4 Å². The van der Waals surface area contributed by atoms with Gasteiger partial charge in [0.25, 0.3) is 30.9 Å². The highest BCUT2D eigenvalue weighted by Gasteiger charge is 2.32. The Morgan fingerprint density at radius 2 is 1.18 bits per heavy atom. The largest absolute Gasteiger partial charge is 0.504 e. The van der Waals surface area contributed by atoms with Crippen molar-refractivity contribution in [3.63, 3.8) is 0 Å². The zero-order valence-corrected chi connectivity index (χ0v) is 33.3. The van der Waals surface area contributed by atoms with Crippen molar-refractivity contribution in [1.29, 1.82) is 0 Å². The molecule has 4 aromatic heterocycles. The molecule has 0 aliphatic carbocycles. The van der Waals surface area contributed by atoms with Gasteiger partial charge in [-0.3, -0.25) is 19.2 Å². The number of anilines is 5. The Hall–Kier alpha value is -5.72. The van der Waals surface area contributed by atoms with Crippen LogP contribution in [0.5, 0.6) is 23.0 Å². The molecule has 0 amide bonds. The van der Waals surface area contributed by atoms with Gasteiger partial charge in [0.1, 0.15) is 11.5 Å². The van der Waals surface area contributed by atoms with E-state index in [1.54, 1.807) is 27.7 Å². The maximum atomic E-state index is 12.7. The molecule has 0 bridgehead atoms. The Balaban J connectivity index is 0.000000238. The number of sulfonamides is 2. The van der Waals surface area contributed by atoms with Crippen molar-refractivity contribution in [3.05, 3.63) is 80.9 Å². The Labute approximate surface area is 327 Å². The fourth-order valence-electron chi connectivity index (χ4n) is 4.32. The summed E-state index contributed by atoms with van der Waals surface area (Å²) >= 11 is 1.62. The predicted octanol–water partition coefficient (Wildman–Crippen LogP) is 3.10. The zero-order valence-electron chi connectivity index (χ0n) is 30.0. The van der Waals surface area contributed by atoms with Crippen LogP contribution in [0.15, 0.2) is 59.5 Å². The SMILES string of the molecule is C.CCOc1c(OCC)c(=O)c1=O.Cc1cc(N(C)S(=O)(=O)c2scc(N)c2O)no1.Cc1cc(N(C)S(=O)(=O)c2scc(Nc3c(C)c(=O)c3=O)c2O)no1. The van der Waals surface area contributed by atoms with Crippen molar-refractivity contribution in [2.24, 2.45) is 0 Å². The van der Waals surface area contributed by atoms with Gasteiger partial charge in [-0.1, -0.05) is 17.7 Å². The molecule has 0 unspecified atom stereocenters. The summed E-state index contributed by atoms with van der Waals surface area (Å²) in [5.41, 5.74) is 3.28. The molecule has 304 valence electrons. The molecule has 0 saturated carbocycles. The van der Waals surface area contributed by atoms with Crippen molar-refractivity contribution in [2.45, 2.75) is 50.5 Å². The third kappa shape index (κ3) is 8.56. The van der Waals surface area contributed by atoms with Crippen LogP contribution in [-0.2, 0) is 20.0 Å². The minimum absolute atomic E-state index is 0. The number of nitrogen functional groups attached to an aromatic ring is 1. The number of thiophene rings is 2. The summed E-state index contributed by atoms with van der Waals surface area (Å²) in [5, 5.41) is 32.4. The van der Waals surface area contributed by atoms with E-state index in [1.807, 2.05) is 0 Å². The molecule has 2 aromatic carbocycles. The molecular weight excluding hydrogens is 821 g/mol. The van der Waals surface area contributed by atoms with Crippen LogP contribution in [0, 0.1) is 20.8 Å². The van der Waals surface area contributed by atoms with Crippen LogP contribution >= 0.6 is 22.7 Å². The molecule has 4 heterocycles. The first-order valence-corrected chi connectivity index (χ1v) is 20.2. The molecular formula is C32H38N6O14S4. The highest BCUT2D eigenvalue weighted by molar-refractivity contribution is 7.95. The van der Waals surface area contributed by atoms with E-state index in [9.17, 15) is 46.2 Å². The number of nitrogens with two attached hydrogens (primary N) is 1. The Bertz CT molecular complexity index is 2660. The van der Waals surface area contributed by atoms with Crippen LogP contribution in [0.25, 0.3) is 0 Å². The first kappa shape index (κ1) is 44.7. The van der Waals surface area contributed by atoms with Crippen LogP contribution in [0.2, 0.25) is 0 Å². The fourth-order valence-corrected chi connectivity index (χ4v) is 9.33. The summed E-state index contributed by atoms with van der Waals surface area (Å²) in [6.07, 6.45) is 0. The second-order valence-corrected chi connectivity index (χ2v) is 17.2. The summed E-state index contributed by atoms with van der Waals surface area (Å²) in [6, 6.07) is 2.92. The van der Waals surface area contributed by atoms with Gasteiger partial charge in [0.2, 0.25) is 22.4 Å². The Morgan fingerprint density at radius 1 is 0.750 bits per heavy atom. The predicted molar refractivity (Wildman–Crippen MR) is 210 cm³/mol. The van der Waals surface area contributed by atoms with E-state index in [4.69, 9.17) is 24.3 Å². The number of hydrogen-bond acceptors (Lipinski definition) is 20. The van der Waals surface area contributed by atoms with Crippen LogP contribution < -0.4 is 50.8 Å². The molecule has 20 nitrogen and oxygen atoms in total. The number of aromatic hydroxyl groups is 2. The zero-order chi connectivity index (χ0) is 41.2. The topological polar surface area (TPSA) is 292 Å². The van der Waals surface area contributed by atoms with E-state index in [2.05, 4.69) is 15.6 Å². The third-order valence-corrected chi connectivity index (χ3v) is 13.9. The van der Waals surface area contributed by atoms with E-state index in [0.29, 0.717) is 24.7 Å². The standard InChI is InChI=1S/C14H13N3O6S2.C9H11N3O4S2.C8H10O4.CH4/c1-6-4-9(16-23-6)17(3)25(21,22)14-12(19)8(5-24-14)15-10-7(2)11(18)13(10)20;1-5-3-7(11-16-5)12(2)18(14,15)9-8(13)6(10)4-17-9;1-3-11-7-5(9)6(10)8(7)12-4-2;/h4-5,15,19H,1-3H3;3-4,13H,10H2,1-2H3;3-4H2,1-2H3;1H4. The molecule has 0 aliphatic heterocycles. The lowest BCUT2D eigenvalue weighted by Gasteiger charge is -2.15. The normalized spacial score (nSPS) is 11.2. The summed E-state index contributed by atoms with van der Waals surface area (Å²) in [6.45, 7) is 8.95. The molecule has 0 radical (unpaired) electrons. The van der Waals surface area contributed by atoms with Crippen LogP contribution in [-0.4, -0.2) is 64.7 Å². The van der Waals surface area contributed by atoms with E-state index in [-0.39, 0.29) is 61.6 Å². The van der Waals surface area contributed by atoms with Crippen LogP contribution in [0.4, 0.5) is 28.7 Å². The number of aryl methyl sites for hydroxylation is 2. The molecule has 6 rings (SSSR count). The van der Waals surface area contributed by atoms with E-state index < -0.39 is 53.3 Å². The fraction of sp³-hybridized carbons (Fsp3) is 0.312. The van der Waals surface area contributed by atoms with Gasteiger partial charge in [-0.2, -0.15) is 16.8 Å². The number of rotatable bonds is 12. The van der Waals surface area contributed by atoms with Gasteiger partial charge in [0.05, 0.1) is 30.3 Å². The monoisotopic (exact) mass is 858 g/mol. The average molecular weight is 859 g/mol. The molecule has 0 atom stereocenters. The van der Waals surface area contributed by atoms with Crippen molar-refractivity contribution < 1.29 is 45.6 Å². The van der Waals surface area contributed by atoms with E-state index in [0.717, 1.165) is 31.3 Å². The number of aromatic nitrogens is 2. The van der Waals surface area contributed by atoms with Gasteiger partial charge in [0, 0.05) is 42.6 Å². The summed E-state index contributed by atoms with van der Waals surface area (Å²) < 4.78 is 70.5. The first-order chi connectivity index (χ1) is 25.7. The lowest BCUT2D eigenvalue weighted by molar-refractivity contribution is 0.274. The maximum Gasteiger partial charge on any atom is 0.278 e. The average Bonchev–Trinajstić information content (AvgIpc) is 3.96. The van der Waals surface area contributed by atoms with Gasteiger partial charge in [-0.05, 0) is 34.6 Å². The highest BCUT2D eigenvalue weighted by Crippen LogP contribution is 2.41. The summed E-state index contributed by atoms with van der Waals surface area (Å²) in [5.74, 6) is 0.301. The molecule has 56 heavy (non-hydrogen) atoms. The van der Waals surface area contributed by atoms with Gasteiger partial charge in [-0.15, -0.1) is 22.7 Å². The molecule has 6 aromatic rings. The quantitative estimate of drug-likeness (QED) is 0.129. The molecule has 0 fully saturated rings. The van der Waals surface area contributed by atoms with Crippen molar-refractivity contribution in [1.82, 2.24) is 10.3 Å². The van der Waals surface area contributed by atoms with Gasteiger partial charge in [0.15, 0.2) is 31.6 Å². The summed E-state index contributed by atoms with van der Waals surface area (Å²) in [7, 11) is -5.37. The molecule has 5 N–H and O–H groups in total. The number of nitrogens with zero attached hydrogens (tertiary/aromatic N) is 4.